The van der Waals surface area contributed by atoms with Gasteiger partial charge in [-0.2, -0.15) is 13.2 Å². The highest BCUT2D eigenvalue weighted by Gasteiger charge is 2.53. The number of carbonyl (C=O) groups is 1. The van der Waals surface area contributed by atoms with E-state index in [1.54, 1.807) is 19.9 Å². The zero-order chi connectivity index (χ0) is 14.5. The predicted octanol–water partition coefficient (Wildman–Crippen LogP) is 2.07. The summed E-state index contributed by atoms with van der Waals surface area (Å²) < 4.78 is 37.6. The normalized spacial score (nSPS) is 24.5. The van der Waals surface area contributed by atoms with E-state index in [1.165, 1.54) is 6.07 Å². The fraction of sp³-hybridized carbons (Fsp3) is 0.462. The van der Waals surface area contributed by atoms with E-state index < -0.39 is 30.1 Å². The fourth-order valence-corrected chi connectivity index (χ4v) is 2.60. The molecule has 0 aliphatic heterocycles. The van der Waals surface area contributed by atoms with Gasteiger partial charge in [-0.05, 0) is 31.0 Å². The molecule has 0 heterocycles. The molecule has 0 spiro atoms. The molecular formula is C13H13F3O3. The first-order valence-corrected chi connectivity index (χ1v) is 5.72. The molecule has 2 rings (SSSR count). The molecule has 3 atom stereocenters. The van der Waals surface area contributed by atoms with Crippen LogP contribution in [-0.2, 0) is 0 Å². The van der Waals surface area contributed by atoms with Crippen LogP contribution in [0, 0.1) is 19.8 Å². The van der Waals surface area contributed by atoms with Gasteiger partial charge < -0.3 is 10.2 Å². The lowest BCUT2D eigenvalue weighted by atomic mass is 9.94. The Hall–Kier alpha value is -1.40. The number of benzene rings is 1. The van der Waals surface area contributed by atoms with Gasteiger partial charge in [0.2, 0.25) is 0 Å². The van der Waals surface area contributed by atoms with Gasteiger partial charge in [0, 0.05) is 5.56 Å². The highest BCUT2D eigenvalue weighted by molar-refractivity contribution is 6.03. The van der Waals surface area contributed by atoms with Gasteiger partial charge in [-0.3, -0.25) is 4.79 Å². The molecule has 19 heavy (non-hydrogen) atoms. The van der Waals surface area contributed by atoms with Gasteiger partial charge in [-0.15, -0.1) is 0 Å². The van der Waals surface area contributed by atoms with Crippen LogP contribution >= 0.6 is 0 Å². The Morgan fingerprint density at radius 1 is 1.26 bits per heavy atom. The first kappa shape index (κ1) is 14.0. The number of fused-ring (bicyclic) bond motifs is 1. The summed E-state index contributed by atoms with van der Waals surface area (Å²) in [6.45, 7) is 3.32. The van der Waals surface area contributed by atoms with Crippen molar-refractivity contribution in [1.29, 1.82) is 0 Å². The molecule has 104 valence electrons. The van der Waals surface area contributed by atoms with Crippen molar-refractivity contribution < 1.29 is 28.2 Å². The maximum Gasteiger partial charge on any atom is 0.415 e. The third kappa shape index (κ3) is 2.15. The van der Waals surface area contributed by atoms with Crippen molar-refractivity contribution in [3.8, 4) is 0 Å². The van der Waals surface area contributed by atoms with Crippen LogP contribution in [0.5, 0.6) is 0 Å². The summed E-state index contributed by atoms with van der Waals surface area (Å²) in [7, 11) is 0. The SMILES string of the molecule is Cc1cc(C)c2c(c1)C(=O)C(C(O)C(F)(F)F)C2O. The maximum absolute atomic E-state index is 12.5. The molecule has 0 aromatic heterocycles. The average molecular weight is 274 g/mol. The number of carbonyl (C=O) groups excluding carboxylic acids is 1. The monoisotopic (exact) mass is 274 g/mol. The van der Waals surface area contributed by atoms with Crippen molar-refractivity contribution in [1.82, 2.24) is 0 Å². The smallest absolute Gasteiger partial charge is 0.388 e. The van der Waals surface area contributed by atoms with E-state index in [-0.39, 0.29) is 11.1 Å². The quantitative estimate of drug-likeness (QED) is 0.824. The summed E-state index contributed by atoms with van der Waals surface area (Å²) in [5, 5.41) is 19.2. The van der Waals surface area contributed by atoms with E-state index in [4.69, 9.17) is 0 Å². The van der Waals surface area contributed by atoms with Crippen LogP contribution in [-0.4, -0.2) is 28.3 Å². The first-order valence-electron chi connectivity index (χ1n) is 5.72. The minimum atomic E-state index is -4.94. The van der Waals surface area contributed by atoms with Gasteiger partial charge >= 0.3 is 6.18 Å². The lowest BCUT2D eigenvalue weighted by Crippen LogP contribution is -2.40. The molecule has 3 nitrogen and oxygen atoms in total. The Balaban J connectivity index is 2.51. The molecule has 1 aromatic carbocycles. The number of alkyl halides is 3. The van der Waals surface area contributed by atoms with E-state index in [0.717, 1.165) is 5.56 Å². The average Bonchev–Trinajstić information content (AvgIpc) is 2.49. The number of aliphatic hydroxyl groups excluding tert-OH is 2. The molecule has 0 radical (unpaired) electrons. The molecule has 1 aromatic rings. The van der Waals surface area contributed by atoms with Crippen LogP contribution in [0.25, 0.3) is 0 Å². The van der Waals surface area contributed by atoms with Crippen molar-refractivity contribution in [2.75, 3.05) is 0 Å². The number of halogens is 3. The second-order valence-electron chi connectivity index (χ2n) is 4.86. The second kappa shape index (κ2) is 4.31. The van der Waals surface area contributed by atoms with E-state index in [0.29, 0.717) is 5.56 Å². The molecule has 0 saturated carbocycles. The number of aryl methyl sites for hydroxylation is 2. The Morgan fingerprint density at radius 2 is 1.84 bits per heavy atom. The molecule has 0 saturated heterocycles. The summed E-state index contributed by atoms with van der Waals surface area (Å²) in [5.74, 6) is -2.74. The molecular weight excluding hydrogens is 261 g/mol. The molecule has 0 fully saturated rings. The number of hydrogen-bond acceptors (Lipinski definition) is 3. The van der Waals surface area contributed by atoms with Crippen molar-refractivity contribution in [2.24, 2.45) is 5.92 Å². The highest BCUT2D eigenvalue weighted by atomic mass is 19.4. The molecule has 0 bridgehead atoms. The zero-order valence-corrected chi connectivity index (χ0v) is 10.3. The van der Waals surface area contributed by atoms with E-state index >= 15 is 0 Å². The Bertz CT molecular complexity index is 537. The maximum atomic E-state index is 12.5. The largest absolute Gasteiger partial charge is 0.415 e. The van der Waals surface area contributed by atoms with Gasteiger partial charge in [0.1, 0.15) is 0 Å². The highest BCUT2D eigenvalue weighted by Crippen LogP contribution is 2.43. The number of aliphatic hydroxyl groups is 2. The number of rotatable bonds is 1. The Labute approximate surface area is 107 Å². The van der Waals surface area contributed by atoms with Crippen molar-refractivity contribution in [3.05, 3.63) is 34.4 Å². The molecule has 2 N–H and O–H groups in total. The van der Waals surface area contributed by atoms with E-state index in [9.17, 15) is 28.2 Å². The number of Topliss-reactive ketones (excluding diaryl/α,β-unsaturated/α-hetero) is 1. The van der Waals surface area contributed by atoms with Crippen LogP contribution < -0.4 is 0 Å². The van der Waals surface area contributed by atoms with Gasteiger partial charge in [-0.1, -0.05) is 11.6 Å². The molecule has 3 unspecified atom stereocenters. The zero-order valence-electron chi connectivity index (χ0n) is 10.3. The van der Waals surface area contributed by atoms with Crippen LogP contribution in [0.1, 0.15) is 33.2 Å². The number of hydrogen-bond donors (Lipinski definition) is 2. The van der Waals surface area contributed by atoms with Gasteiger partial charge in [0.05, 0.1) is 12.0 Å². The van der Waals surface area contributed by atoms with E-state index in [1.807, 2.05) is 0 Å². The minimum absolute atomic E-state index is 0.0679. The lowest BCUT2D eigenvalue weighted by Gasteiger charge is -2.22. The summed E-state index contributed by atoms with van der Waals surface area (Å²) in [6.07, 6.45) is -9.42. The predicted molar refractivity (Wildman–Crippen MR) is 60.8 cm³/mol. The fourth-order valence-electron chi connectivity index (χ4n) is 2.60. The Kier molecular flexibility index (Phi) is 3.18. The van der Waals surface area contributed by atoms with Crippen LogP contribution in [0.3, 0.4) is 0 Å². The third-order valence-corrected chi connectivity index (χ3v) is 3.41. The van der Waals surface area contributed by atoms with Crippen molar-refractivity contribution in [3.63, 3.8) is 0 Å². The second-order valence-corrected chi connectivity index (χ2v) is 4.86. The number of ketones is 1. The lowest BCUT2D eigenvalue weighted by molar-refractivity contribution is -0.221. The summed E-state index contributed by atoms with van der Waals surface area (Å²) >= 11 is 0. The standard InChI is InChI=1S/C13H13F3O3/c1-5-3-6(2)8-7(4-5)10(17)9(11(8)18)12(19)13(14,15)16/h3-4,9,11-12,18-19H,1-2H3. The molecule has 0 amide bonds. The topological polar surface area (TPSA) is 57.5 Å². The van der Waals surface area contributed by atoms with Gasteiger partial charge in [0.15, 0.2) is 11.9 Å². The van der Waals surface area contributed by atoms with Crippen LogP contribution in [0.2, 0.25) is 0 Å². The third-order valence-electron chi connectivity index (χ3n) is 3.41. The van der Waals surface area contributed by atoms with Crippen molar-refractivity contribution in [2.45, 2.75) is 32.2 Å². The van der Waals surface area contributed by atoms with Crippen molar-refractivity contribution >= 4 is 5.78 Å². The molecule has 1 aliphatic carbocycles. The summed E-state index contributed by atoms with van der Waals surface area (Å²) in [6, 6.07) is 3.12. The van der Waals surface area contributed by atoms with Gasteiger partial charge in [-0.25, -0.2) is 0 Å². The summed E-state index contributed by atoms with van der Waals surface area (Å²) in [4.78, 5) is 12.0. The molecule has 1 aliphatic rings. The Morgan fingerprint density at radius 3 is 2.37 bits per heavy atom. The van der Waals surface area contributed by atoms with Gasteiger partial charge in [0.25, 0.3) is 0 Å². The molecule has 6 heteroatoms. The minimum Gasteiger partial charge on any atom is -0.388 e. The van der Waals surface area contributed by atoms with E-state index in [2.05, 4.69) is 0 Å². The summed E-state index contributed by atoms with van der Waals surface area (Å²) in [5.41, 5.74) is 1.52. The van der Waals surface area contributed by atoms with Crippen LogP contribution in [0.4, 0.5) is 13.2 Å². The van der Waals surface area contributed by atoms with Crippen LogP contribution in [0.15, 0.2) is 12.1 Å². The first-order chi connectivity index (χ1) is 8.64.